The Morgan fingerprint density at radius 2 is 1.92 bits per heavy atom. The lowest BCUT2D eigenvalue weighted by molar-refractivity contribution is -0.135. The molecule has 2 rings (SSSR count). The van der Waals surface area contributed by atoms with Crippen LogP contribution in [0.25, 0.3) is 0 Å². The van der Waals surface area contributed by atoms with Crippen molar-refractivity contribution in [1.29, 1.82) is 5.26 Å². The molecule has 24 heavy (non-hydrogen) atoms. The van der Waals surface area contributed by atoms with Crippen molar-refractivity contribution in [2.45, 2.75) is 70.9 Å². The standard InChI is InChI=1S/C18H29N3O3/c1-18(2,3)24-17(23)20-11-6-7-14(13-20)15-8-4-5-12-21(15)16(22)9-10-19/h14-15H,4-9,11-13H2,1-3H3/t14-,15-/m0/s1. The minimum absolute atomic E-state index is 0.0565. The van der Waals surface area contributed by atoms with Gasteiger partial charge in [-0.2, -0.15) is 5.26 Å². The van der Waals surface area contributed by atoms with E-state index in [9.17, 15) is 9.59 Å². The highest BCUT2D eigenvalue weighted by Crippen LogP contribution is 2.30. The molecule has 0 aromatic heterocycles. The van der Waals surface area contributed by atoms with Crippen molar-refractivity contribution in [3.63, 3.8) is 0 Å². The quantitative estimate of drug-likeness (QED) is 0.777. The first kappa shape index (κ1) is 18.6. The molecular weight excluding hydrogens is 306 g/mol. The van der Waals surface area contributed by atoms with Crippen LogP contribution in [-0.2, 0) is 9.53 Å². The maximum absolute atomic E-state index is 12.3. The summed E-state index contributed by atoms with van der Waals surface area (Å²) in [6.45, 7) is 7.69. The van der Waals surface area contributed by atoms with E-state index in [1.807, 2.05) is 31.7 Å². The fourth-order valence-electron chi connectivity index (χ4n) is 3.74. The maximum Gasteiger partial charge on any atom is 0.410 e. The number of likely N-dealkylation sites (tertiary alicyclic amines) is 2. The number of amides is 2. The van der Waals surface area contributed by atoms with Crippen LogP contribution in [0, 0.1) is 17.2 Å². The molecule has 0 unspecified atom stereocenters. The third-order valence-corrected chi connectivity index (χ3v) is 4.75. The first-order valence-electron chi connectivity index (χ1n) is 8.96. The van der Waals surface area contributed by atoms with Gasteiger partial charge in [0.15, 0.2) is 0 Å². The number of nitriles is 1. The molecular formula is C18H29N3O3. The first-order valence-corrected chi connectivity index (χ1v) is 8.96. The van der Waals surface area contributed by atoms with Crippen molar-refractivity contribution in [2.75, 3.05) is 19.6 Å². The van der Waals surface area contributed by atoms with Crippen LogP contribution in [0.2, 0.25) is 0 Å². The number of rotatable bonds is 2. The van der Waals surface area contributed by atoms with Gasteiger partial charge in [0.05, 0.1) is 6.07 Å². The van der Waals surface area contributed by atoms with Gasteiger partial charge in [0, 0.05) is 25.7 Å². The zero-order valence-electron chi connectivity index (χ0n) is 15.1. The highest BCUT2D eigenvalue weighted by Gasteiger charge is 2.37. The van der Waals surface area contributed by atoms with E-state index in [2.05, 4.69) is 0 Å². The summed E-state index contributed by atoms with van der Waals surface area (Å²) in [4.78, 5) is 28.3. The first-order chi connectivity index (χ1) is 11.3. The summed E-state index contributed by atoms with van der Waals surface area (Å²) < 4.78 is 5.49. The molecule has 2 aliphatic rings. The van der Waals surface area contributed by atoms with Crippen molar-refractivity contribution < 1.29 is 14.3 Å². The Morgan fingerprint density at radius 3 is 2.58 bits per heavy atom. The SMILES string of the molecule is CC(C)(C)OC(=O)N1CCC[C@H]([C@@H]2CCCCN2C(=O)CC#N)C1. The molecule has 6 nitrogen and oxygen atoms in total. The van der Waals surface area contributed by atoms with Crippen LogP contribution in [0.1, 0.15) is 59.3 Å². The van der Waals surface area contributed by atoms with Gasteiger partial charge < -0.3 is 14.5 Å². The molecule has 6 heteroatoms. The summed E-state index contributed by atoms with van der Waals surface area (Å²) in [5.74, 6) is 0.200. The second-order valence-corrected chi connectivity index (χ2v) is 7.81. The lowest BCUT2D eigenvalue weighted by Crippen LogP contribution is -2.53. The van der Waals surface area contributed by atoms with Gasteiger partial charge in [-0.1, -0.05) is 0 Å². The molecule has 2 heterocycles. The van der Waals surface area contributed by atoms with Gasteiger partial charge in [-0.05, 0) is 58.8 Å². The van der Waals surface area contributed by atoms with E-state index in [4.69, 9.17) is 10.00 Å². The minimum Gasteiger partial charge on any atom is -0.444 e. The molecule has 2 atom stereocenters. The second-order valence-electron chi connectivity index (χ2n) is 7.81. The Hall–Kier alpha value is -1.77. The Kier molecular flexibility index (Phi) is 6.09. The molecule has 0 spiro atoms. The van der Waals surface area contributed by atoms with Crippen LogP contribution >= 0.6 is 0 Å². The van der Waals surface area contributed by atoms with Crippen LogP contribution in [0.3, 0.4) is 0 Å². The van der Waals surface area contributed by atoms with Gasteiger partial charge in [-0.25, -0.2) is 4.79 Å². The number of piperidine rings is 2. The molecule has 0 radical (unpaired) electrons. The topological polar surface area (TPSA) is 73.6 Å². The van der Waals surface area contributed by atoms with E-state index in [0.29, 0.717) is 13.1 Å². The molecule has 134 valence electrons. The van der Waals surface area contributed by atoms with Gasteiger partial charge in [0.2, 0.25) is 5.91 Å². The zero-order chi connectivity index (χ0) is 17.7. The fourth-order valence-corrected chi connectivity index (χ4v) is 3.74. The van der Waals surface area contributed by atoms with Gasteiger partial charge in [-0.3, -0.25) is 4.79 Å². The number of hydrogen-bond acceptors (Lipinski definition) is 4. The van der Waals surface area contributed by atoms with Crippen molar-refractivity contribution in [3.05, 3.63) is 0 Å². The third-order valence-electron chi connectivity index (χ3n) is 4.75. The Balaban J connectivity index is 2.03. The Labute approximate surface area is 144 Å². The molecule has 0 aliphatic carbocycles. The van der Waals surface area contributed by atoms with E-state index in [1.54, 1.807) is 4.90 Å². The van der Waals surface area contributed by atoms with E-state index in [-0.39, 0.29) is 30.4 Å². The minimum atomic E-state index is -0.496. The van der Waals surface area contributed by atoms with Crippen LogP contribution in [0.4, 0.5) is 4.79 Å². The van der Waals surface area contributed by atoms with Crippen molar-refractivity contribution in [3.8, 4) is 6.07 Å². The van der Waals surface area contributed by atoms with Crippen LogP contribution in [-0.4, -0.2) is 53.1 Å². The third kappa shape index (κ3) is 4.86. The zero-order valence-corrected chi connectivity index (χ0v) is 15.1. The lowest BCUT2D eigenvalue weighted by atomic mass is 9.84. The summed E-state index contributed by atoms with van der Waals surface area (Å²) in [6.07, 6.45) is 4.68. The van der Waals surface area contributed by atoms with E-state index >= 15 is 0 Å². The molecule has 2 fully saturated rings. The normalized spacial score (nSPS) is 25.1. The molecule has 0 saturated carbocycles. The van der Waals surface area contributed by atoms with Gasteiger partial charge in [0.1, 0.15) is 12.0 Å². The van der Waals surface area contributed by atoms with Crippen LogP contribution in [0.5, 0.6) is 0 Å². The summed E-state index contributed by atoms with van der Waals surface area (Å²) in [5, 5.41) is 8.82. The monoisotopic (exact) mass is 335 g/mol. The maximum atomic E-state index is 12.3. The van der Waals surface area contributed by atoms with Crippen molar-refractivity contribution in [1.82, 2.24) is 9.80 Å². The number of hydrogen-bond donors (Lipinski definition) is 0. The van der Waals surface area contributed by atoms with Gasteiger partial charge in [-0.15, -0.1) is 0 Å². The molecule has 2 saturated heterocycles. The van der Waals surface area contributed by atoms with Crippen LogP contribution in [0.15, 0.2) is 0 Å². The molecule has 2 amide bonds. The number of carbonyl (C=O) groups is 2. The van der Waals surface area contributed by atoms with E-state index in [0.717, 1.165) is 38.6 Å². The predicted molar refractivity (Wildman–Crippen MR) is 90.1 cm³/mol. The summed E-state index contributed by atoms with van der Waals surface area (Å²) in [5.41, 5.74) is -0.496. The van der Waals surface area contributed by atoms with Gasteiger partial charge >= 0.3 is 6.09 Å². The second kappa shape index (κ2) is 7.87. The summed E-state index contributed by atoms with van der Waals surface area (Å²) >= 11 is 0. The average Bonchev–Trinajstić information content (AvgIpc) is 2.53. The van der Waals surface area contributed by atoms with Crippen LogP contribution < -0.4 is 0 Å². The largest absolute Gasteiger partial charge is 0.444 e. The smallest absolute Gasteiger partial charge is 0.410 e. The number of ether oxygens (including phenoxy) is 1. The fraction of sp³-hybridized carbons (Fsp3) is 0.833. The van der Waals surface area contributed by atoms with E-state index in [1.165, 1.54) is 0 Å². The highest BCUT2D eigenvalue weighted by atomic mass is 16.6. The predicted octanol–water partition coefficient (Wildman–Crippen LogP) is 2.93. The van der Waals surface area contributed by atoms with Gasteiger partial charge in [0.25, 0.3) is 0 Å². The highest BCUT2D eigenvalue weighted by molar-refractivity contribution is 5.78. The molecule has 0 N–H and O–H groups in total. The lowest BCUT2D eigenvalue weighted by Gasteiger charge is -2.44. The number of nitrogens with zero attached hydrogens (tertiary/aromatic N) is 3. The Bertz CT molecular complexity index is 507. The number of carbonyl (C=O) groups excluding carboxylic acids is 2. The summed E-state index contributed by atoms with van der Waals surface area (Å²) in [7, 11) is 0. The molecule has 2 aliphatic heterocycles. The summed E-state index contributed by atoms with van der Waals surface area (Å²) in [6, 6.07) is 2.11. The molecule has 0 aromatic rings. The van der Waals surface area contributed by atoms with Crippen molar-refractivity contribution >= 4 is 12.0 Å². The average molecular weight is 335 g/mol. The Morgan fingerprint density at radius 1 is 1.17 bits per heavy atom. The van der Waals surface area contributed by atoms with E-state index < -0.39 is 5.60 Å². The molecule has 0 aromatic carbocycles. The molecule has 0 bridgehead atoms. The van der Waals surface area contributed by atoms with Crippen molar-refractivity contribution in [2.24, 2.45) is 5.92 Å².